The fourth-order valence-corrected chi connectivity index (χ4v) is 0.894. The molecule has 0 radical (unpaired) electrons. The highest BCUT2D eigenvalue weighted by molar-refractivity contribution is 5.29. The summed E-state index contributed by atoms with van der Waals surface area (Å²) in [7, 11) is 0. The Kier molecular flexibility index (Phi) is 2.63. The van der Waals surface area contributed by atoms with E-state index in [4.69, 9.17) is 4.74 Å². The zero-order valence-electron chi connectivity index (χ0n) is 7.03. The third-order valence-electron chi connectivity index (χ3n) is 1.51. The second kappa shape index (κ2) is 3.52. The third kappa shape index (κ3) is 1.72. The number of aryl methyl sites for hydroxylation is 1. The predicted molar refractivity (Wildman–Crippen MR) is 42.3 cm³/mol. The average molecular weight is 172 g/mol. The van der Waals surface area contributed by atoms with Gasteiger partial charge in [0, 0.05) is 6.07 Å². The van der Waals surface area contributed by atoms with Gasteiger partial charge in [-0.05, 0) is 25.5 Å². The van der Waals surface area contributed by atoms with Gasteiger partial charge in [0.2, 0.25) is 0 Å². The fraction of sp³-hybridized carbons (Fsp3) is 0.333. The van der Waals surface area contributed by atoms with E-state index in [1.807, 2.05) is 0 Å². The Bertz CT molecular complexity index is 284. The van der Waals surface area contributed by atoms with Crippen LogP contribution in [0.5, 0.6) is 5.75 Å². The van der Waals surface area contributed by atoms with E-state index < -0.39 is 11.6 Å². The van der Waals surface area contributed by atoms with Crippen LogP contribution in [0.1, 0.15) is 12.5 Å². The lowest BCUT2D eigenvalue weighted by Crippen LogP contribution is -1.96. The van der Waals surface area contributed by atoms with Crippen LogP contribution in [0.2, 0.25) is 0 Å². The topological polar surface area (TPSA) is 9.23 Å². The third-order valence-corrected chi connectivity index (χ3v) is 1.51. The Labute approximate surface area is 70.0 Å². The second-order valence-corrected chi connectivity index (χ2v) is 2.46. The van der Waals surface area contributed by atoms with Gasteiger partial charge < -0.3 is 4.74 Å². The molecule has 1 nitrogen and oxygen atoms in total. The van der Waals surface area contributed by atoms with Gasteiger partial charge in [0.05, 0.1) is 6.61 Å². The first-order valence-electron chi connectivity index (χ1n) is 3.73. The molecule has 1 aromatic rings. The van der Waals surface area contributed by atoms with Crippen LogP contribution in [-0.4, -0.2) is 6.61 Å². The molecule has 0 atom stereocenters. The summed E-state index contributed by atoms with van der Waals surface area (Å²) in [5, 5.41) is 0. The molecule has 0 amide bonds. The molecule has 0 aliphatic rings. The minimum Gasteiger partial charge on any atom is -0.491 e. The highest BCUT2D eigenvalue weighted by atomic mass is 19.1. The molecule has 1 aromatic carbocycles. The monoisotopic (exact) mass is 172 g/mol. The molecule has 0 saturated heterocycles. The fourth-order valence-electron chi connectivity index (χ4n) is 0.894. The maximum atomic E-state index is 12.9. The Balaban J connectivity index is 3.05. The molecule has 0 bridgehead atoms. The summed E-state index contributed by atoms with van der Waals surface area (Å²) in [4.78, 5) is 0. The van der Waals surface area contributed by atoms with Crippen molar-refractivity contribution in [1.82, 2.24) is 0 Å². The van der Waals surface area contributed by atoms with Crippen LogP contribution in [-0.2, 0) is 0 Å². The lowest BCUT2D eigenvalue weighted by atomic mass is 10.2. The molecule has 0 unspecified atom stereocenters. The molecule has 0 fully saturated rings. The van der Waals surface area contributed by atoms with E-state index in [0.29, 0.717) is 6.61 Å². The largest absolute Gasteiger partial charge is 0.491 e. The normalized spacial score (nSPS) is 10.0. The van der Waals surface area contributed by atoms with Crippen LogP contribution in [0.15, 0.2) is 12.1 Å². The van der Waals surface area contributed by atoms with Gasteiger partial charge in [-0.15, -0.1) is 0 Å². The van der Waals surface area contributed by atoms with E-state index in [-0.39, 0.29) is 11.3 Å². The molecule has 0 spiro atoms. The minimum absolute atomic E-state index is 0.0272. The molecule has 66 valence electrons. The maximum absolute atomic E-state index is 12.9. The summed E-state index contributed by atoms with van der Waals surface area (Å²) in [6.45, 7) is 3.56. The maximum Gasteiger partial charge on any atom is 0.165 e. The Morgan fingerprint density at radius 1 is 1.25 bits per heavy atom. The van der Waals surface area contributed by atoms with Crippen molar-refractivity contribution in [2.45, 2.75) is 13.8 Å². The van der Waals surface area contributed by atoms with Gasteiger partial charge in [-0.3, -0.25) is 0 Å². The second-order valence-electron chi connectivity index (χ2n) is 2.46. The number of hydrogen-bond acceptors (Lipinski definition) is 1. The zero-order valence-corrected chi connectivity index (χ0v) is 7.03. The number of ether oxygens (including phenoxy) is 1. The average Bonchev–Trinajstić information content (AvgIpc) is 2.01. The van der Waals surface area contributed by atoms with E-state index in [9.17, 15) is 8.78 Å². The van der Waals surface area contributed by atoms with E-state index in [2.05, 4.69) is 0 Å². The van der Waals surface area contributed by atoms with Crippen LogP contribution in [0, 0.1) is 18.6 Å². The summed E-state index contributed by atoms with van der Waals surface area (Å²) in [5.41, 5.74) is 0.288. The van der Waals surface area contributed by atoms with Crippen molar-refractivity contribution in [1.29, 1.82) is 0 Å². The van der Waals surface area contributed by atoms with Crippen molar-refractivity contribution < 1.29 is 13.5 Å². The summed E-state index contributed by atoms with van der Waals surface area (Å²) in [6.07, 6.45) is 0. The number of rotatable bonds is 2. The van der Waals surface area contributed by atoms with E-state index in [0.717, 1.165) is 12.1 Å². The van der Waals surface area contributed by atoms with Crippen molar-refractivity contribution in [2.75, 3.05) is 6.61 Å². The van der Waals surface area contributed by atoms with E-state index >= 15 is 0 Å². The first kappa shape index (κ1) is 8.97. The van der Waals surface area contributed by atoms with Crippen LogP contribution in [0.3, 0.4) is 0 Å². The molecule has 12 heavy (non-hydrogen) atoms. The molecular formula is C9H10F2O. The van der Waals surface area contributed by atoms with Gasteiger partial charge in [-0.25, -0.2) is 8.78 Å². The minimum atomic E-state index is -0.518. The first-order valence-corrected chi connectivity index (χ1v) is 3.73. The number of hydrogen-bond donors (Lipinski definition) is 0. The summed E-state index contributed by atoms with van der Waals surface area (Å²) >= 11 is 0. The molecule has 0 heterocycles. The summed E-state index contributed by atoms with van der Waals surface area (Å²) in [5.74, 6) is -0.990. The lowest BCUT2D eigenvalue weighted by molar-refractivity contribution is 0.319. The van der Waals surface area contributed by atoms with Gasteiger partial charge in [-0.2, -0.15) is 0 Å². The molecule has 0 aliphatic carbocycles. The predicted octanol–water partition coefficient (Wildman–Crippen LogP) is 2.67. The zero-order chi connectivity index (χ0) is 9.14. The van der Waals surface area contributed by atoms with E-state index in [1.165, 1.54) is 6.92 Å². The van der Waals surface area contributed by atoms with Gasteiger partial charge in [0.25, 0.3) is 0 Å². The smallest absolute Gasteiger partial charge is 0.165 e. The molecule has 0 N–H and O–H groups in total. The standard InChI is InChI=1S/C9H10F2O/c1-3-12-9-5-7(10)6(2)4-8(9)11/h4-5H,3H2,1-2H3. The molecule has 0 aliphatic heterocycles. The summed E-state index contributed by atoms with van der Waals surface area (Å²) in [6, 6.07) is 2.19. The van der Waals surface area contributed by atoms with Crippen molar-refractivity contribution in [3.8, 4) is 5.75 Å². The number of benzene rings is 1. The van der Waals surface area contributed by atoms with Gasteiger partial charge in [0.15, 0.2) is 11.6 Å². The van der Waals surface area contributed by atoms with Gasteiger partial charge in [-0.1, -0.05) is 0 Å². The molecular weight excluding hydrogens is 162 g/mol. The highest BCUT2D eigenvalue weighted by Gasteiger charge is 2.06. The van der Waals surface area contributed by atoms with Crippen LogP contribution in [0.25, 0.3) is 0 Å². The van der Waals surface area contributed by atoms with Crippen LogP contribution >= 0.6 is 0 Å². The quantitative estimate of drug-likeness (QED) is 0.666. The molecule has 1 rings (SSSR count). The van der Waals surface area contributed by atoms with Gasteiger partial charge in [0.1, 0.15) is 5.82 Å². The number of halogens is 2. The molecule has 3 heteroatoms. The van der Waals surface area contributed by atoms with Crippen LogP contribution < -0.4 is 4.74 Å². The Hall–Kier alpha value is -1.12. The van der Waals surface area contributed by atoms with Crippen molar-refractivity contribution >= 4 is 0 Å². The highest BCUT2D eigenvalue weighted by Crippen LogP contribution is 2.20. The Morgan fingerprint density at radius 2 is 1.92 bits per heavy atom. The van der Waals surface area contributed by atoms with Crippen molar-refractivity contribution in [3.05, 3.63) is 29.3 Å². The Morgan fingerprint density at radius 3 is 2.50 bits per heavy atom. The summed E-state index contributed by atoms with van der Waals surface area (Å²) < 4.78 is 30.6. The molecule has 0 aromatic heterocycles. The van der Waals surface area contributed by atoms with E-state index in [1.54, 1.807) is 6.92 Å². The lowest BCUT2D eigenvalue weighted by Gasteiger charge is -2.05. The van der Waals surface area contributed by atoms with Crippen molar-refractivity contribution in [3.63, 3.8) is 0 Å². The first-order chi connectivity index (χ1) is 5.65. The SMILES string of the molecule is CCOc1cc(F)c(C)cc1F. The van der Waals surface area contributed by atoms with Crippen LogP contribution in [0.4, 0.5) is 8.78 Å². The van der Waals surface area contributed by atoms with Gasteiger partial charge >= 0.3 is 0 Å². The molecule has 0 saturated carbocycles. The van der Waals surface area contributed by atoms with Crippen molar-refractivity contribution in [2.24, 2.45) is 0 Å².